The standard InChI is InChI=1S/C15H20O3/c1-2-3-5-10-14(16)11-15(17)18-12-13-8-6-4-7-9-13/h4,6-9H,2-3,5,10-12H2,1H3. The van der Waals surface area contributed by atoms with Crippen LogP contribution in [0.3, 0.4) is 0 Å². The Labute approximate surface area is 108 Å². The number of hydrogen-bond donors (Lipinski definition) is 0. The number of ether oxygens (including phenoxy) is 1. The van der Waals surface area contributed by atoms with E-state index in [1.54, 1.807) is 0 Å². The molecule has 0 N–H and O–H groups in total. The summed E-state index contributed by atoms with van der Waals surface area (Å²) in [5.74, 6) is -0.457. The van der Waals surface area contributed by atoms with E-state index in [2.05, 4.69) is 6.92 Å². The maximum Gasteiger partial charge on any atom is 0.313 e. The number of carbonyl (C=O) groups excluding carboxylic acids is 2. The highest BCUT2D eigenvalue weighted by molar-refractivity contribution is 5.95. The zero-order valence-corrected chi connectivity index (χ0v) is 10.9. The Kier molecular flexibility index (Phi) is 6.77. The number of benzene rings is 1. The van der Waals surface area contributed by atoms with Crippen LogP contribution in [-0.2, 0) is 20.9 Å². The minimum absolute atomic E-state index is 0.0264. The molecule has 3 heteroatoms. The third-order valence-corrected chi connectivity index (χ3v) is 2.64. The van der Waals surface area contributed by atoms with Gasteiger partial charge < -0.3 is 4.74 Å². The molecule has 0 fully saturated rings. The van der Waals surface area contributed by atoms with Crippen molar-refractivity contribution in [1.82, 2.24) is 0 Å². The Bertz CT molecular complexity index is 371. The van der Waals surface area contributed by atoms with E-state index in [0.717, 1.165) is 24.8 Å². The molecule has 0 atom stereocenters. The van der Waals surface area contributed by atoms with E-state index in [-0.39, 0.29) is 18.8 Å². The maximum atomic E-state index is 11.4. The summed E-state index contributed by atoms with van der Waals surface area (Å²) < 4.78 is 5.05. The molecule has 3 nitrogen and oxygen atoms in total. The molecule has 18 heavy (non-hydrogen) atoms. The van der Waals surface area contributed by atoms with Crippen LogP contribution < -0.4 is 0 Å². The average molecular weight is 248 g/mol. The van der Waals surface area contributed by atoms with E-state index in [1.807, 2.05) is 30.3 Å². The summed E-state index contributed by atoms with van der Waals surface area (Å²) in [5, 5.41) is 0. The fraction of sp³-hybridized carbons (Fsp3) is 0.467. The molecular weight excluding hydrogens is 228 g/mol. The zero-order chi connectivity index (χ0) is 13.2. The third kappa shape index (κ3) is 6.18. The van der Waals surface area contributed by atoms with E-state index in [1.165, 1.54) is 0 Å². The lowest BCUT2D eigenvalue weighted by molar-refractivity contribution is -0.147. The van der Waals surface area contributed by atoms with Gasteiger partial charge in [-0.2, -0.15) is 0 Å². The molecule has 0 heterocycles. The van der Waals surface area contributed by atoms with Crippen LogP contribution in [0, 0.1) is 0 Å². The fourth-order valence-electron chi connectivity index (χ4n) is 1.61. The number of ketones is 1. The molecule has 1 aromatic rings. The molecule has 0 aliphatic carbocycles. The zero-order valence-electron chi connectivity index (χ0n) is 10.9. The summed E-state index contributed by atoms with van der Waals surface area (Å²) in [7, 11) is 0. The maximum absolute atomic E-state index is 11.4. The highest BCUT2D eigenvalue weighted by Crippen LogP contribution is 2.05. The Hall–Kier alpha value is -1.64. The molecular formula is C15H20O3. The van der Waals surface area contributed by atoms with Gasteiger partial charge in [-0.3, -0.25) is 9.59 Å². The Morgan fingerprint density at radius 2 is 1.83 bits per heavy atom. The van der Waals surface area contributed by atoms with Crippen LogP contribution in [0.5, 0.6) is 0 Å². The number of carbonyl (C=O) groups is 2. The highest BCUT2D eigenvalue weighted by atomic mass is 16.5. The summed E-state index contributed by atoms with van der Waals surface area (Å²) in [5.41, 5.74) is 0.935. The first-order valence-corrected chi connectivity index (χ1v) is 6.43. The molecule has 0 unspecified atom stereocenters. The van der Waals surface area contributed by atoms with Gasteiger partial charge in [-0.15, -0.1) is 0 Å². The van der Waals surface area contributed by atoms with Gasteiger partial charge in [0, 0.05) is 6.42 Å². The topological polar surface area (TPSA) is 43.4 Å². The van der Waals surface area contributed by atoms with Crippen molar-refractivity contribution in [2.75, 3.05) is 0 Å². The molecule has 0 bridgehead atoms. The van der Waals surface area contributed by atoms with Gasteiger partial charge in [-0.1, -0.05) is 50.1 Å². The lowest BCUT2D eigenvalue weighted by Gasteiger charge is -2.04. The minimum Gasteiger partial charge on any atom is -0.460 e. The molecule has 0 saturated carbocycles. The van der Waals surface area contributed by atoms with E-state index in [4.69, 9.17) is 4.74 Å². The normalized spacial score (nSPS) is 10.1. The van der Waals surface area contributed by atoms with Crippen molar-refractivity contribution in [1.29, 1.82) is 0 Å². The first-order chi connectivity index (χ1) is 8.72. The van der Waals surface area contributed by atoms with E-state index in [9.17, 15) is 9.59 Å². The summed E-state index contributed by atoms with van der Waals surface area (Å²) in [6.07, 6.45) is 3.35. The van der Waals surface area contributed by atoms with Crippen molar-refractivity contribution in [3.63, 3.8) is 0 Å². The second-order valence-corrected chi connectivity index (χ2v) is 4.32. The van der Waals surface area contributed by atoms with Crippen LogP contribution in [0.2, 0.25) is 0 Å². The van der Waals surface area contributed by atoms with Gasteiger partial charge in [0.2, 0.25) is 0 Å². The van der Waals surface area contributed by atoms with Crippen molar-refractivity contribution < 1.29 is 14.3 Å². The van der Waals surface area contributed by atoms with Crippen molar-refractivity contribution in [3.8, 4) is 0 Å². The molecule has 98 valence electrons. The number of hydrogen-bond acceptors (Lipinski definition) is 3. The first kappa shape index (κ1) is 14.4. The number of unbranched alkanes of at least 4 members (excludes halogenated alkanes) is 2. The number of Topliss-reactive ketones (excluding diaryl/α,β-unsaturated/α-hetero) is 1. The molecule has 0 spiro atoms. The van der Waals surface area contributed by atoms with Gasteiger partial charge >= 0.3 is 5.97 Å². The SMILES string of the molecule is CCCCCC(=O)CC(=O)OCc1ccccc1. The van der Waals surface area contributed by atoms with Crippen LogP contribution in [0.4, 0.5) is 0 Å². The lowest BCUT2D eigenvalue weighted by Crippen LogP contribution is -2.11. The van der Waals surface area contributed by atoms with Gasteiger partial charge in [0.15, 0.2) is 0 Å². The largest absolute Gasteiger partial charge is 0.460 e. The second-order valence-electron chi connectivity index (χ2n) is 4.32. The highest BCUT2D eigenvalue weighted by Gasteiger charge is 2.10. The summed E-state index contributed by atoms with van der Waals surface area (Å²) >= 11 is 0. The van der Waals surface area contributed by atoms with Crippen molar-refractivity contribution in [3.05, 3.63) is 35.9 Å². The van der Waals surface area contributed by atoms with E-state index < -0.39 is 5.97 Å². The number of rotatable bonds is 8. The van der Waals surface area contributed by atoms with Crippen LogP contribution >= 0.6 is 0 Å². The quantitative estimate of drug-likeness (QED) is 0.403. The molecule has 0 radical (unpaired) electrons. The van der Waals surface area contributed by atoms with Crippen molar-refractivity contribution >= 4 is 11.8 Å². The first-order valence-electron chi connectivity index (χ1n) is 6.43. The molecule has 1 rings (SSSR count). The summed E-state index contributed by atoms with van der Waals surface area (Å²) in [6, 6.07) is 9.45. The Balaban J connectivity index is 2.19. The second kappa shape index (κ2) is 8.45. The van der Waals surface area contributed by atoms with E-state index in [0.29, 0.717) is 6.42 Å². The van der Waals surface area contributed by atoms with Crippen LogP contribution in [0.1, 0.15) is 44.6 Å². The summed E-state index contributed by atoms with van der Waals surface area (Å²) in [4.78, 5) is 22.9. The Morgan fingerprint density at radius 3 is 2.50 bits per heavy atom. The minimum atomic E-state index is -0.430. The average Bonchev–Trinajstić information content (AvgIpc) is 2.38. The van der Waals surface area contributed by atoms with Gasteiger partial charge in [-0.25, -0.2) is 0 Å². The van der Waals surface area contributed by atoms with E-state index >= 15 is 0 Å². The number of esters is 1. The van der Waals surface area contributed by atoms with Gasteiger partial charge in [0.25, 0.3) is 0 Å². The predicted octanol–water partition coefficient (Wildman–Crippen LogP) is 3.27. The van der Waals surface area contributed by atoms with Gasteiger partial charge in [-0.05, 0) is 12.0 Å². The molecule has 0 amide bonds. The third-order valence-electron chi connectivity index (χ3n) is 2.64. The smallest absolute Gasteiger partial charge is 0.313 e. The monoisotopic (exact) mass is 248 g/mol. The van der Waals surface area contributed by atoms with Crippen molar-refractivity contribution in [2.24, 2.45) is 0 Å². The molecule has 0 aliphatic rings. The van der Waals surface area contributed by atoms with Gasteiger partial charge in [0.1, 0.15) is 18.8 Å². The van der Waals surface area contributed by atoms with Crippen molar-refractivity contribution in [2.45, 2.75) is 45.6 Å². The lowest BCUT2D eigenvalue weighted by atomic mass is 10.1. The van der Waals surface area contributed by atoms with Crippen LogP contribution in [0.15, 0.2) is 30.3 Å². The van der Waals surface area contributed by atoms with Crippen LogP contribution in [-0.4, -0.2) is 11.8 Å². The fourth-order valence-corrected chi connectivity index (χ4v) is 1.61. The van der Waals surface area contributed by atoms with Crippen LogP contribution in [0.25, 0.3) is 0 Å². The van der Waals surface area contributed by atoms with Gasteiger partial charge in [0.05, 0.1) is 0 Å². The Morgan fingerprint density at radius 1 is 1.11 bits per heavy atom. The summed E-state index contributed by atoms with van der Waals surface area (Å²) in [6.45, 7) is 2.32. The molecule has 1 aromatic carbocycles. The predicted molar refractivity (Wildman–Crippen MR) is 70.0 cm³/mol. The molecule has 0 saturated heterocycles. The molecule has 0 aliphatic heterocycles. The molecule has 0 aromatic heterocycles.